The number of ether oxygens (including phenoxy) is 4. The summed E-state index contributed by atoms with van der Waals surface area (Å²) in [4.78, 5) is 25.8. The second-order valence-electron chi connectivity index (χ2n) is 8.55. The Bertz CT molecular complexity index is 1380. The molecule has 176 valence electrons. The van der Waals surface area contributed by atoms with Gasteiger partial charge in [-0.05, 0) is 42.8 Å². The molecule has 0 unspecified atom stereocenters. The smallest absolute Gasteiger partial charge is 0.312 e. The lowest BCUT2D eigenvalue weighted by atomic mass is 9.84. The number of allylic oxidation sites excluding steroid dienone is 1. The van der Waals surface area contributed by atoms with Crippen molar-refractivity contribution in [2.75, 3.05) is 13.7 Å². The first-order valence-electron chi connectivity index (χ1n) is 11.3. The van der Waals surface area contributed by atoms with Gasteiger partial charge in [0, 0.05) is 22.6 Å². The number of Topliss-reactive ketones (excluding diaryl/α,β-unsaturated/α-hetero) is 1. The summed E-state index contributed by atoms with van der Waals surface area (Å²) >= 11 is 0. The van der Waals surface area contributed by atoms with Crippen LogP contribution >= 0.6 is 0 Å². The van der Waals surface area contributed by atoms with Crippen molar-refractivity contribution < 1.29 is 28.5 Å². The van der Waals surface area contributed by atoms with Gasteiger partial charge in [-0.2, -0.15) is 0 Å². The van der Waals surface area contributed by atoms with E-state index in [4.69, 9.17) is 18.9 Å². The van der Waals surface area contributed by atoms with E-state index in [9.17, 15) is 9.59 Å². The average molecular weight is 469 g/mol. The average Bonchev–Trinajstić information content (AvgIpc) is 3.17. The first-order chi connectivity index (χ1) is 17.0. The Labute approximate surface area is 203 Å². The van der Waals surface area contributed by atoms with E-state index in [1.807, 2.05) is 55.5 Å². The van der Waals surface area contributed by atoms with Crippen LogP contribution in [0, 0.1) is 0 Å². The maximum atomic E-state index is 13.3. The van der Waals surface area contributed by atoms with E-state index >= 15 is 0 Å². The number of fused-ring (bicyclic) bond motifs is 3. The minimum atomic E-state index is -0.402. The third-order valence-corrected chi connectivity index (χ3v) is 5.97. The van der Waals surface area contributed by atoms with Gasteiger partial charge in [-0.25, -0.2) is 0 Å². The summed E-state index contributed by atoms with van der Waals surface area (Å²) < 4.78 is 23.1. The standard InChI is InChI=1S/C29H24O6/c1-17(2)16-33-23-11-7-5-9-19(23)21-15-26(30)34-24-13-12-20-28(31)25(35-29(20)27(21)24)14-18-8-4-6-10-22(18)32-3/h4-14,21H,1,15-16H2,2-3H3/b25-14-/t21-/m1/s1. The van der Waals surface area contributed by atoms with Crippen LogP contribution in [0.2, 0.25) is 0 Å². The van der Waals surface area contributed by atoms with Crippen LogP contribution in [0.25, 0.3) is 6.08 Å². The molecular formula is C29H24O6. The van der Waals surface area contributed by atoms with E-state index in [1.165, 1.54) is 0 Å². The number of ketones is 1. The van der Waals surface area contributed by atoms with Crippen molar-refractivity contribution in [3.63, 3.8) is 0 Å². The molecule has 3 aromatic rings. The zero-order valence-electron chi connectivity index (χ0n) is 19.5. The third kappa shape index (κ3) is 4.19. The highest BCUT2D eigenvalue weighted by Crippen LogP contribution is 2.50. The molecule has 2 heterocycles. The molecule has 2 aliphatic rings. The number of esters is 1. The van der Waals surface area contributed by atoms with Crippen molar-refractivity contribution in [2.24, 2.45) is 0 Å². The number of para-hydroxylation sites is 2. The van der Waals surface area contributed by atoms with Crippen molar-refractivity contribution in [2.45, 2.75) is 19.3 Å². The highest BCUT2D eigenvalue weighted by molar-refractivity contribution is 6.15. The van der Waals surface area contributed by atoms with Gasteiger partial charge in [-0.15, -0.1) is 0 Å². The van der Waals surface area contributed by atoms with Crippen molar-refractivity contribution in [1.82, 2.24) is 0 Å². The lowest BCUT2D eigenvalue weighted by molar-refractivity contribution is -0.135. The first kappa shape index (κ1) is 22.5. The van der Waals surface area contributed by atoms with Crippen LogP contribution in [0.5, 0.6) is 23.0 Å². The van der Waals surface area contributed by atoms with E-state index in [0.717, 1.165) is 16.7 Å². The van der Waals surface area contributed by atoms with Crippen LogP contribution in [0.15, 0.2) is 78.6 Å². The van der Waals surface area contributed by atoms with Crippen LogP contribution < -0.4 is 18.9 Å². The Balaban J connectivity index is 1.60. The summed E-state index contributed by atoms with van der Waals surface area (Å²) in [5, 5.41) is 0. The predicted molar refractivity (Wildman–Crippen MR) is 131 cm³/mol. The summed E-state index contributed by atoms with van der Waals surface area (Å²) in [5.41, 5.74) is 3.50. The number of hydrogen-bond acceptors (Lipinski definition) is 6. The highest BCUT2D eigenvalue weighted by atomic mass is 16.5. The summed E-state index contributed by atoms with van der Waals surface area (Å²) in [5.74, 6) is 1.24. The largest absolute Gasteiger partial charge is 0.496 e. The molecule has 0 radical (unpaired) electrons. The Kier molecular flexibility index (Phi) is 5.87. The molecule has 0 saturated heterocycles. The molecule has 3 aromatic carbocycles. The predicted octanol–water partition coefficient (Wildman–Crippen LogP) is 5.71. The van der Waals surface area contributed by atoms with Crippen LogP contribution in [0.1, 0.15) is 46.3 Å². The molecular weight excluding hydrogens is 444 g/mol. The fourth-order valence-electron chi connectivity index (χ4n) is 4.40. The molecule has 6 nitrogen and oxygen atoms in total. The van der Waals surface area contributed by atoms with Crippen LogP contribution in [-0.2, 0) is 4.79 Å². The van der Waals surface area contributed by atoms with Gasteiger partial charge in [0.15, 0.2) is 5.76 Å². The molecule has 2 aliphatic heterocycles. The zero-order valence-corrected chi connectivity index (χ0v) is 19.5. The first-order valence-corrected chi connectivity index (χ1v) is 11.3. The summed E-state index contributed by atoms with van der Waals surface area (Å²) in [6.45, 7) is 6.14. The molecule has 0 bridgehead atoms. The summed E-state index contributed by atoms with van der Waals surface area (Å²) in [7, 11) is 1.58. The van der Waals surface area contributed by atoms with E-state index in [1.54, 1.807) is 25.3 Å². The van der Waals surface area contributed by atoms with E-state index in [-0.39, 0.29) is 23.9 Å². The van der Waals surface area contributed by atoms with Crippen LogP contribution in [0.4, 0.5) is 0 Å². The molecule has 0 amide bonds. The topological polar surface area (TPSA) is 71.1 Å². The Morgan fingerprint density at radius 3 is 2.54 bits per heavy atom. The second-order valence-corrected chi connectivity index (χ2v) is 8.55. The number of carbonyl (C=O) groups is 2. The molecule has 5 rings (SSSR count). The lowest BCUT2D eigenvalue weighted by Gasteiger charge is -2.27. The normalized spacial score (nSPS) is 17.3. The molecule has 0 fully saturated rings. The molecule has 0 spiro atoms. The fraction of sp³-hybridized carbons (Fsp3) is 0.172. The van der Waals surface area contributed by atoms with Gasteiger partial charge in [-0.3, -0.25) is 9.59 Å². The number of carbonyl (C=O) groups excluding carboxylic acids is 2. The summed E-state index contributed by atoms with van der Waals surface area (Å²) in [6, 6.07) is 18.2. The van der Waals surface area contributed by atoms with Gasteiger partial charge in [-0.1, -0.05) is 43.0 Å². The minimum absolute atomic E-state index is 0.0972. The van der Waals surface area contributed by atoms with Gasteiger partial charge < -0.3 is 18.9 Å². The van der Waals surface area contributed by atoms with E-state index in [0.29, 0.717) is 40.7 Å². The molecule has 6 heteroatoms. The SMILES string of the molecule is C=C(C)COc1ccccc1[C@H]1CC(=O)Oc2ccc3c(c21)O/C(=C\c1ccccc1OC)C3=O. The molecule has 1 atom stereocenters. The molecule has 35 heavy (non-hydrogen) atoms. The molecule has 0 N–H and O–H groups in total. The van der Waals surface area contributed by atoms with Crippen molar-refractivity contribution >= 4 is 17.8 Å². The number of methoxy groups -OCH3 is 1. The zero-order chi connectivity index (χ0) is 24.5. The lowest BCUT2D eigenvalue weighted by Crippen LogP contribution is -2.22. The van der Waals surface area contributed by atoms with E-state index < -0.39 is 5.92 Å². The summed E-state index contributed by atoms with van der Waals surface area (Å²) in [6.07, 6.45) is 1.77. The Hall–Kier alpha value is -4.32. The van der Waals surface area contributed by atoms with Gasteiger partial charge >= 0.3 is 5.97 Å². The molecule has 0 aliphatic carbocycles. The quantitative estimate of drug-likeness (QED) is 0.200. The van der Waals surface area contributed by atoms with Gasteiger partial charge in [0.2, 0.25) is 5.78 Å². The van der Waals surface area contributed by atoms with Crippen LogP contribution in [0.3, 0.4) is 0 Å². The third-order valence-electron chi connectivity index (χ3n) is 5.97. The van der Waals surface area contributed by atoms with Gasteiger partial charge in [0.25, 0.3) is 0 Å². The Morgan fingerprint density at radius 2 is 1.77 bits per heavy atom. The maximum absolute atomic E-state index is 13.3. The van der Waals surface area contributed by atoms with Gasteiger partial charge in [0.1, 0.15) is 29.6 Å². The molecule has 0 saturated carbocycles. The minimum Gasteiger partial charge on any atom is -0.496 e. The highest BCUT2D eigenvalue weighted by Gasteiger charge is 2.39. The van der Waals surface area contributed by atoms with E-state index in [2.05, 4.69) is 6.58 Å². The van der Waals surface area contributed by atoms with Crippen molar-refractivity contribution in [1.29, 1.82) is 0 Å². The van der Waals surface area contributed by atoms with Crippen molar-refractivity contribution in [3.8, 4) is 23.0 Å². The number of hydrogen-bond donors (Lipinski definition) is 0. The fourth-order valence-corrected chi connectivity index (χ4v) is 4.40. The number of rotatable bonds is 6. The maximum Gasteiger partial charge on any atom is 0.312 e. The monoisotopic (exact) mass is 468 g/mol. The second kappa shape index (κ2) is 9.14. The van der Waals surface area contributed by atoms with Crippen LogP contribution in [-0.4, -0.2) is 25.5 Å². The van der Waals surface area contributed by atoms with Crippen molar-refractivity contribution in [3.05, 3.63) is 101 Å². The van der Waals surface area contributed by atoms with Gasteiger partial charge in [0.05, 0.1) is 19.1 Å². The molecule has 0 aromatic heterocycles. The Morgan fingerprint density at radius 1 is 1.03 bits per heavy atom. The number of benzene rings is 3.